The number of carbonyl (C=O) groups excluding carboxylic acids is 1. The van der Waals surface area contributed by atoms with E-state index in [0.29, 0.717) is 6.42 Å². The number of esters is 1. The Balaban J connectivity index is 1.51. The summed E-state index contributed by atoms with van der Waals surface area (Å²) < 4.78 is 31.3. The van der Waals surface area contributed by atoms with Crippen LogP contribution in [0, 0.1) is 0 Å². The lowest BCUT2D eigenvalue weighted by Gasteiger charge is -2.53. The van der Waals surface area contributed by atoms with Crippen molar-refractivity contribution in [2.75, 3.05) is 6.61 Å². The molecule has 0 radical (unpaired) electrons. The maximum absolute atomic E-state index is 12.8. The first kappa shape index (κ1) is 34.4. The van der Waals surface area contributed by atoms with Gasteiger partial charge in [0.1, 0.15) is 36.1 Å². The molecule has 4 aromatic carbocycles. The normalized spacial score (nSPS) is 24.1. The topological polar surface area (TPSA) is 104 Å². The SMILES string of the molecule is CC(=O)OCCC[C@@]1(O)C(OCc2ccccc2)C(O)[C@H](OCc2ccccc2)C(OCc2ccccc2)C1OCc1ccccc1. The molecule has 0 saturated heterocycles. The summed E-state index contributed by atoms with van der Waals surface area (Å²) in [5.41, 5.74) is 1.88. The molecule has 0 spiro atoms. The second kappa shape index (κ2) is 17.3. The smallest absolute Gasteiger partial charge is 0.302 e. The fourth-order valence-electron chi connectivity index (χ4n) is 6.05. The van der Waals surface area contributed by atoms with Crippen molar-refractivity contribution in [3.63, 3.8) is 0 Å². The van der Waals surface area contributed by atoms with Gasteiger partial charge in [-0.2, -0.15) is 0 Å². The average Bonchev–Trinajstić information content (AvgIpc) is 3.10. The van der Waals surface area contributed by atoms with E-state index in [1.54, 1.807) is 0 Å². The van der Waals surface area contributed by atoms with Crippen molar-refractivity contribution in [2.24, 2.45) is 0 Å². The van der Waals surface area contributed by atoms with E-state index in [4.69, 9.17) is 23.7 Å². The molecule has 4 aromatic rings. The first-order valence-corrected chi connectivity index (χ1v) is 16.1. The summed E-state index contributed by atoms with van der Waals surface area (Å²) in [5, 5.41) is 24.9. The van der Waals surface area contributed by atoms with E-state index in [2.05, 4.69) is 0 Å². The van der Waals surface area contributed by atoms with E-state index in [1.807, 2.05) is 121 Å². The van der Waals surface area contributed by atoms with Crippen LogP contribution in [0.3, 0.4) is 0 Å². The van der Waals surface area contributed by atoms with Crippen molar-refractivity contribution < 1.29 is 38.7 Å². The predicted octanol–water partition coefficient (Wildman–Crippen LogP) is 5.78. The van der Waals surface area contributed by atoms with Gasteiger partial charge in [0.2, 0.25) is 0 Å². The fourth-order valence-corrected chi connectivity index (χ4v) is 6.05. The molecule has 0 amide bonds. The summed E-state index contributed by atoms with van der Waals surface area (Å²) >= 11 is 0. The molecule has 1 fully saturated rings. The summed E-state index contributed by atoms with van der Waals surface area (Å²) in [5.74, 6) is -0.409. The van der Waals surface area contributed by atoms with E-state index < -0.39 is 42.1 Å². The molecule has 0 heterocycles. The summed E-state index contributed by atoms with van der Waals surface area (Å²) in [6.45, 7) is 2.16. The molecule has 1 aliphatic rings. The summed E-state index contributed by atoms with van der Waals surface area (Å²) in [6.07, 6.45) is -4.82. The van der Waals surface area contributed by atoms with Crippen molar-refractivity contribution in [3.8, 4) is 0 Å². The van der Waals surface area contributed by atoms with Crippen molar-refractivity contribution in [1.29, 1.82) is 0 Å². The zero-order valence-corrected chi connectivity index (χ0v) is 26.7. The Kier molecular flexibility index (Phi) is 12.7. The molecule has 47 heavy (non-hydrogen) atoms. The van der Waals surface area contributed by atoms with Gasteiger partial charge in [0.05, 0.1) is 33.0 Å². The number of benzene rings is 4. The molecule has 1 aliphatic carbocycles. The Morgan fingerprint density at radius 1 is 0.596 bits per heavy atom. The van der Waals surface area contributed by atoms with Crippen LogP contribution in [0.5, 0.6) is 0 Å². The molecule has 0 bridgehead atoms. The second-order valence-corrected chi connectivity index (χ2v) is 11.9. The minimum atomic E-state index is -1.75. The lowest BCUT2D eigenvalue weighted by molar-refractivity contribution is -0.310. The van der Waals surface area contributed by atoms with Gasteiger partial charge in [-0.05, 0) is 35.1 Å². The van der Waals surface area contributed by atoms with Crippen LogP contribution in [0.4, 0.5) is 0 Å². The standard InChI is InChI=1S/C39H44O8/c1-29(40)43-24-14-23-39(42)37(46-27-32-19-10-4-11-20-32)34(41)35(44-25-30-15-6-2-7-16-30)36(45-26-31-17-8-3-9-18-31)38(39)47-28-33-21-12-5-13-22-33/h2-13,15-22,34-38,41-42H,14,23-28H2,1H3/t34?,35-,36?,37?,38?,39+/m0/s1. The zero-order valence-electron chi connectivity index (χ0n) is 26.7. The van der Waals surface area contributed by atoms with Crippen LogP contribution in [-0.4, -0.2) is 58.9 Å². The van der Waals surface area contributed by atoms with Crippen LogP contribution in [0.25, 0.3) is 0 Å². The molecule has 8 nitrogen and oxygen atoms in total. The number of ether oxygens (including phenoxy) is 5. The van der Waals surface area contributed by atoms with Gasteiger partial charge in [0.15, 0.2) is 0 Å². The number of aliphatic hydroxyl groups is 2. The third-order valence-corrected chi connectivity index (χ3v) is 8.40. The van der Waals surface area contributed by atoms with Gasteiger partial charge < -0.3 is 33.9 Å². The van der Waals surface area contributed by atoms with Crippen molar-refractivity contribution in [2.45, 2.75) is 82.3 Å². The predicted molar refractivity (Wildman–Crippen MR) is 177 cm³/mol. The van der Waals surface area contributed by atoms with E-state index >= 15 is 0 Å². The third kappa shape index (κ3) is 9.58. The van der Waals surface area contributed by atoms with Crippen LogP contribution in [-0.2, 0) is 54.9 Å². The Hall–Kier alpha value is -3.89. The van der Waals surface area contributed by atoms with E-state index in [0.717, 1.165) is 22.3 Å². The molecule has 5 rings (SSSR count). The number of aliphatic hydroxyl groups excluding tert-OH is 1. The molecular weight excluding hydrogens is 596 g/mol. The quantitative estimate of drug-likeness (QED) is 0.117. The van der Waals surface area contributed by atoms with Crippen LogP contribution in [0.2, 0.25) is 0 Å². The Bertz CT molecular complexity index is 1470. The summed E-state index contributed by atoms with van der Waals surface area (Å²) in [4.78, 5) is 11.6. The van der Waals surface area contributed by atoms with Crippen molar-refractivity contribution >= 4 is 5.97 Å². The number of hydrogen-bond donors (Lipinski definition) is 2. The maximum Gasteiger partial charge on any atom is 0.302 e. The monoisotopic (exact) mass is 640 g/mol. The first-order chi connectivity index (χ1) is 22.9. The minimum Gasteiger partial charge on any atom is -0.466 e. The van der Waals surface area contributed by atoms with Crippen molar-refractivity contribution in [3.05, 3.63) is 144 Å². The Morgan fingerprint density at radius 2 is 0.979 bits per heavy atom. The number of carbonyl (C=O) groups is 1. The van der Waals surface area contributed by atoms with Crippen LogP contribution >= 0.6 is 0 Å². The van der Waals surface area contributed by atoms with Gasteiger partial charge in [-0.15, -0.1) is 0 Å². The Morgan fingerprint density at radius 3 is 1.40 bits per heavy atom. The van der Waals surface area contributed by atoms with Crippen LogP contribution in [0.1, 0.15) is 42.0 Å². The van der Waals surface area contributed by atoms with Crippen LogP contribution < -0.4 is 0 Å². The molecule has 248 valence electrons. The lowest BCUT2D eigenvalue weighted by Crippen LogP contribution is -2.72. The average molecular weight is 641 g/mol. The van der Waals surface area contributed by atoms with Gasteiger partial charge >= 0.3 is 5.97 Å². The van der Waals surface area contributed by atoms with Gasteiger partial charge in [-0.25, -0.2) is 0 Å². The van der Waals surface area contributed by atoms with Gasteiger partial charge in [-0.1, -0.05) is 121 Å². The van der Waals surface area contributed by atoms with E-state index in [9.17, 15) is 15.0 Å². The highest BCUT2D eigenvalue weighted by atomic mass is 16.6. The third-order valence-electron chi connectivity index (χ3n) is 8.40. The zero-order chi connectivity index (χ0) is 32.9. The largest absolute Gasteiger partial charge is 0.466 e. The molecular formula is C39H44O8. The summed E-state index contributed by atoms with van der Waals surface area (Å²) in [6, 6.07) is 38.7. The first-order valence-electron chi connectivity index (χ1n) is 16.1. The summed E-state index contributed by atoms with van der Waals surface area (Å²) in [7, 11) is 0. The minimum absolute atomic E-state index is 0.0913. The maximum atomic E-state index is 12.8. The van der Waals surface area contributed by atoms with E-state index in [1.165, 1.54) is 6.92 Å². The highest BCUT2D eigenvalue weighted by Crippen LogP contribution is 2.41. The van der Waals surface area contributed by atoms with E-state index in [-0.39, 0.29) is 39.5 Å². The fraction of sp³-hybridized carbons (Fsp3) is 0.359. The number of hydrogen-bond acceptors (Lipinski definition) is 8. The second-order valence-electron chi connectivity index (χ2n) is 11.9. The highest BCUT2D eigenvalue weighted by molar-refractivity contribution is 5.65. The lowest BCUT2D eigenvalue weighted by atomic mass is 9.72. The van der Waals surface area contributed by atoms with Gasteiger partial charge in [0, 0.05) is 6.92 Å². The number of rotatable bonds is 16. The molecule has 4 unspecified atom stereocenters. The van der Waals surface area contributed by atoms with Gasteiger partial charge in [-0.3, -0.25) is 4.79 Å². The Labute approximate surface area is 276 Å². The highest BCUT2D eigenvalue weighted by Gasteiger charge is 2.61. The van der Waals surface area contributed by atoms with Gasteiger partial charge in [0.25, 0.3) is 0 Å². The molecule has 8 heteroatoms. The van der Waals surface area contributed by atoms with Crippen LogP contribution in [0.15, 0.2) is 121 Å². The molecule has 1 saturated carbocycles. The van der Waals surface area contributed by atoms with Crippen molar-refractivity contribution in [1.82, 2.24) is 0 Å². The molecule has 6 atom stereocenters. The molecule has 0 aromatic heterocycles. The molecule has 2 N–H and O–H groups in total. The molecule has 0 aliphatic heterocycles.